The minimum absolute atomic E-state index is 0.558. The van der Waals surface area contributed by atoms with E-state index in [4.69, 9.17) is 17.0 Å². The summed E-state index contributed by atoms with van der Waals surface area (Å²) in [5.74, 6) is 1.61. The highest BCUT2D eigenvalue weighted by Gasteiger charge is 2.27. The van der Waals surface area contributed by atoms with Crippen molar-refractivity contribution >= 4 is 23.1 Å². The number of amidine groups is 1. The molecular weight excluding hydrogens is 320 g/mol. The molecule has 2 rings (SSSR count). The summed E-state index contributed by atoms with van der Waals surface area (Å²) in [5, 5.41) is 12.8. The Morgan fingerprint density at radius 1 is 1.38 bits per heavy atom. The second-order valence-corrected chi connectivity index (χ2v) is 6.92. The summed E-state index contributed by atoms with van der Waals surface area (Å²) in [7, 11) is 4.02. The number of anilines is 1. The highest BCUT2D eigenvalue weighted by Crippen LogP contribution is 2.35. The zero-order chi connectivity index (χ0) is 17.9. The lowest BCUT2D eigenvalue weighted by molar-refractivity contribution is 0.386. The molecule has 0 unspecified atom stereocenters. The number of hydrogen-bond donors (Lipinski definition) is 2. The Balaban J connectivity index is 2.44. The van der Waals surface area contributed by atoms with Crippen LogP contribution in [-0.4, -0.2) is 37.9 Å². The Bertz CT molecular complexity index is 628. The van der Waals surface area contributed by atoms with E-state index in [9.17, 15) is 0 Å². The average Bonchev–Trinajstić information content (AvgIpc) is 2.50. The van der Waals surface area contributed by atoms with Gasteiger partial charge in [-0.05, 0) is 50.3 Å². The number of benzene rings is 1. The maximum Gasteiger partial charge on any atom is 0.132 e. The Morgan fingerprint density at radius 3 is 2.67 bits per heavy atom. The first-order valence-electron chi connectivity index (χ1n) is 8.65. The van der Waals surface area contributed by atoms with Crippen molar-refractivity contribution in [3.63, 3.8) is 0 Å². The van der Waals surface area contributed by atoms with Gasteiger partial charge in [0.1, 0.15) is 11.7 Å². The van der Waals surface area contributed by atoms with Gasteiger partial charge >= 0.3 is 0 Å². The van der Waals surface area contributed by atoms with Gasteiger partial charge in [-0.2, -0.15) is 0 Å². The van der Waals surface area contributed by atoms with Gasteiger partial charge in [-0.3, -0.25) is 5.41 Å². The second-order valence-electron chi connectivity index (χ2n) is 6.51. The summed E-state index contributed by atoms with van der Waals surface area (Å²) >= 11 is 6.53. The predicted molar refractivity (Wildman–Crippen MR) is 104 cm³/mol. The van der Waals surface area contributed by atoms with Crippen molar-refractivity contribution in [2.24, 2.45) is 0 Å². The number of nitrogens with one attached hydrogen (secondary N) is 2. The first-order valence-corrected chi connectivity index (χ1v) is 9.03. The van der Waals surface area contributed by atoms with Crippen molar-refractivity contribution in [2.45, 2.75) is 40.0 Å². The molecule has 0 saturated carbocycles. The van der Waals surface area contributed by atoms with E-state index in [0.29, 0.717) is 5.84 Å². The lowest BCUT2D eigenvalue weighted by atomic mass is 10.00. The molecule has 0 atom stereocenters. The minimum atomic E-state index is 0.558. The first-order chi connectivity index (χ1) is 11.4. The molecule has 4 nitrogen and oxygen atoms in total. The number of aryl methyl sites for hydroxylation is 2. The van der Waals surface area contributed by atoms with Crippen LogP contribution in [0.3, 0.4) is 0 Å². The van der Waals surface area contributed by atoms with Crippen molar-refractivity contribution in [1.82, 2.24) is 10.2 Å². The third-order valence-corrected chi connectivity index (χ3v) is 4.78. The Kier molecular flexibility index (Phi) is 6.16. The SMILES string of the molecule is CCCN(C)/C(NC)=C1\CCCN(c2c(C)cc(C)cc2Cl)C1=N. The lowest BCUT2D eigenvalue weighted by Crippen LogP contribution is -2.41. The normalized spacial score (nSPS) is 17.1. The van der Waals surface area contributed by atoms with Crippen LogP contribution in [0.15, 0.2) is 23.5 Å². The summed E-state index contributed by atoms with van der Waals surface area (Å²) in [6, 6.07) is 4.12. The van der Waals surface area contributed by atoms with Gasteiger partial charge in [0.15, 0.2) is 0 Å². The fraction of sp³-hybridized carbons (Fsp3) is 0.526. The van der Waals surface area contributed by atoms with E-state index in [2.05, 4.69) is 42.1 Å². The largest absolute Gasteiger partial charge is 0.374 e. The molecule has 1 saturated heterocycles. The fourth-order valence-corrected chi connectivity index (χ4v) is 3.95. The molecule has 0 radical (unpaired) electrons. The van der Waals surface area contributed by atoms with Crippen LogP contribution in [0.5, 0.6) is 0 Å². The van der Waals surface area contributed by atoms with Crippen molar-refractivity contribution in [3.05, 3.63) is 39.7 Å². The summed E-state index contributed by atoms with van der Waals surface area (Å²) in [4.78, 5) is 4.27. The van der Waals surface area contributed by atoms with Crippen molar-refractivity contribution in [3.8, 4) is 0 Å². The zero-order valence-electron chi connectivity index (χ0n) is 15.5. The first kappa shape index (κ1) is 18.7. The fourth-order valence-electron chi connectivity index (χ4n) is 3.53. The van der Waals surface area contributed by atoms with Gasteiger partial charge < -0.3 is 15.1 Å². The minimum Gasteiger partial charge on any atom is -0.374 e. The maximum absolute atomic E-state index is 8.79. The monoisotopic (exact) mass is 348 g/mol. The number of piperidine rings is 1. The molecule has 0 aliphatic carbocycles. The van der Waals surface area contributed by atoms with Crippen LogP contribution < -0.4 is 10.2 Å². The number of nitrogens with zero attached hydrogens (tertiary/aromatic N) is 2. The molecular formula is C19H29ClN4. The van der Waals surface area contributed by atoms with E-state index < -0.39 is 0 Å². The summed E-state index contributed by atoms with van der Waals surface area (Å²) in [5.41, 5.74) is 4.31. The van der Waals surface area contributed by atoms with E-state index in [1.54, 1.807) is 0 Å². The molecule has 1 aliphatic rings. The molecule has 2 N–H and O–H groups in total. The van der Waals surface area contributed by atoms with Gasteiger partial charge in [0.25, 0.3) is 0 Å². The molecule has 1 fully saturated rings. The molecule has 132 valence electrons. The Hall–Kier alpha value is -1.68. The number of halogens is 1. The van der Waals surface area contributed by atoms with Crippen LogP contribution in [0.2, 0.25) is 5.02 Å². The predicted octanol–water partition coefficient (Wildman–Crippen LogP) is 4.31. The van der Waals surface area contributed by atoms with Crippen molar-refractivity contribution < 1.29 is 0 Å². The number of rotatable bonds is 5. The number of hydrogen-bond acceptors (Lipinski definition) is 3. The van der Waals surface area contributed by atoms with Crippen molar-refractivity contribution in [1.29, 1.82) is 5.41 Å². The zero-order valence-corrected chi connectivity index (χ0v) is 16.2. The van der Waals surface area contributed by atoms with Crippen molar-refractivity contribution in [2.75, 3.05) is 32.1 Å². The molecule has 1 aliphatic heterocycles. The van der Waals surface area contributed by atoms with E-state index in [1.165, 1.54) is 0 Å². The highest BCUT2D eigenvalue weighted by molar-refractivity contribution is 6.34. The molecule has 0 bridgehead atoms. The highest BCUT2D eigenvalue weighted by atomic mass is 35.5. The maximum atomic E-state index is 8.79. The van der Waals surface area contributed by atoms with E-state index in [0.717, 1.165) is 65.6 Å². The van der Waals surface area contributed by atoms with Gasteiger partial charge in [0.2, 0.25) is 0 Å². The quantitative estimate of drug-likeness (QED) is 0.833. The van der Waals surface area contributed by atoms with Crippen LogP contribution in [0, 0.1) is 19.3 Å². The average molecular weight is 349 g/mol. The van der Waals surface area contributed by atoms with Crippen LogP contribution in [0.4, 0.5) is 5.69 Å². The second kappa shape index (κ2) is 7.93. The lowest BCUT2D eigenvalue weighted by Gasteiger charge is -2.35. The van der Waals surface area contributed by atoms with E-state index in [-0.39, 0.29) is 0 Å². The molecule has 0 amide bonds. The van der Waals surface area contributed by atoms with E-state index in [1.807, 2.05) is 20.0 Å². The Labute approximate surface area is 151 Å². The molecule has 24 heavy (non-hydrogen) atoms. The standard InChI is InChI=1S/C19H29ClN4/c1-6-9-23(5)19(22-4)15-8-7-10-24(18(15)21)17-14(3)11-13(2)12-16(17)20/h11-12,21-22H,6-10H2,1-5H3/b19-15+,21-18?. The topological polar surface area (TPSA) is 42.4 Å². The van der Waals surface area contributed by atoms with Gasteiger partial charge in [-0.25, -0.2) is 0 Å². The third kappa shape index (κ3) is 3.69. The molecule has 1 aromatic carbocycles. The van der Waals surface area contributed by atoms with Crippen LogP contribution in [-0.2, 0) is 0 Å². The van der Waals surface area contributed by atoms with Gasteiger partial charge in [-0.1, -0.05) is 24.6 Å². The Morgan fingerprint density at radius 2 is 2.08 bits per heavy atom. The molecule has 0 aromatic heterocycles. The summed E-state index contributed by atoms with van der Waals surface area (Å²) in [6.07, 6.45) is 3.02. The smallest absolute Gasteiger partial charge is 0.132 e. The van der Waals surface area contributed by atoms with Crippen LogP contribution in [0.25, 0.3) is 0 Å². The van der Waals surface area contributed by atoms with Gasteiger partial charge in [0.05, 0.1) is 10.7 Å². The summed E-state index contributed by atoms with van der Waals surface area (Å²) < 4.78 is 0. The van der Waals surface area contributed by atoms with Gasteiger partial charge in [0, 0.05) is 32.8 Å². The molecule has 1 heterocycles. The van der Waals surface area contributed by atoms with Crippen LogP contribution >= 0.6 is 11.6 Å². The van der Waals surface area contributed by atoms with Gasteiger partial charge in [-0.15, -0.1) is 0 Å². The molecule has 1 aromatic rings. The van der Waals surface area contributed by atoms with Crippen LogP contribution in [0.1, 0.15) is 37.3 Å². The summed E-state index contributed by atoms with van der Waals surface area (Å²) in [6.45, 7) is 8.09. The molecule has 0 spiro atoms. The van der Waals surface area contributed by atoms with E-state index >= 15 is 0 Å². The molecule has 5 heteroatoms. The third-order valence-electron chi connectivity index (χ3n) is 4.50.